The molecule has 2 amide bonds. The van der Waals surface area contributed by atoms with Crippen molar-refractivity contribution in [3.8, 4) is 0 Å². The average molecular weight is 325 g/mol. The number of rotatable bonds is 5. The summed E-state index contributed by atoms with van der Waals surface area (Å²) in [4.78, 5) is 30.6. The van der Waals surface area contributed by atoms with E-state index in [9.17, 15) is 9.59 Å². The molecule has 0 aliphatic carbocycles. The zero-order valence-corrected chi connectivity index (χ0v) is 13.8. The van der Waals surface area contributed by atoms with Crippen molar-refractivity contribution in [1.82, 2.24) is 15.2 Å². The lowest BCUT2D eigenvalue weighted by Crippen LogP contribution is -2.34. The van der Waals surface area contributed by atoms with Gasteiger partial charge in [0.25, 0.3) is 5.91 Å². The maximum absolute atomic E-state index is 12.4. The summed E-state index contributed by atoms with van der Waals surface area (Å²) in [6.45, 7) is 2.12. The second-order valence-electron chi connectivity index (χ2n) is 6.18. The fourth-order valence-electron chi connectivity index (χ4n) is 3.13. The van der Waals surface area contributed by atoms with Gasteiger partial charge in [0.2, 0.25) is 5.91 Å². The number of pyridine rings is 1. The fraction of sp³-hybridized carbons (Fsp3) is 0.421. The van der Waals surface area contributed by atoms with E-state index in [-0.39, 0.29) is 11.8 Å². The predicted molar refractivity (Wildman–Crippen MR) is 93.7 cm³/mol. The molecule has 1 fully saturated rings. The van der Waals surface area contributed by atoms with Crippen molar-refractivity contribution >= 4 is 22.7 Å². The van der Waals surface area contributed by atoms with E-state index in [0.29, 0.717) is 25.1 Å². The van der Waals surface area contributed by atoms with E-state index >= 15 is 0 Å². The molecule has 3 rings (SSSR count). The van der Waals surface area contributed by atoms with Gasteiger partial charge < -0.3 is 10.2 Å². The number of aromatic nitrogens is 1. The van der Waals surface area contributed by atoms with Crippen molar-refractivity contribution in [1.29, 1.82) is 0 Å². The van der Waals surface area contributed by atoms with Crippen LogP contribution in [-0.2, 0) is 4.79 Å². The highest BCUT2D eigenvalue weighted by Gasteiger charge is 2.16. The number of hydrogen-bond donors (Lipinski definition) is 1. The molecule has 5 heteroatoms. The lowest BCUT2D eigenvalue weighted by Gasteiger charge is -2.20. The minimum Gasteiger partial charge on any atom is -0.352 e. The molecule has 126 valence electrons. The Bertz CT molecular complexity index is 724. The number of hydrogen-bond acceptors (Lipinski definition) is 3. The lowest BCUT2D eigenvalue weighted by molar-refractivity contribution is -0.130. The van der Waals surface area contributed by atoms with Gasteiger partial charge in [-0.1, -0.05) is 24.6 Å². The molecule has 2 heterocycles. The van der Waals surface area contributed by atoms with Gasteiger partial charge in [0.05, 0.1) is 11.1 Å². The second-order valence-corrected chi connectivity index (χ2v) is 6.18. The molecule has 0 atom stereocenters. The van der Waals surface area contributed by atoms with E-state index in [1.807, 2.05) is 29.2 Å². The first-order chi connectivity index (χ1) is 11.8. The van der Waals surface area contributed by atoms with Crippen LogP contribution >= 0.6 is 0 Å². The average Bonchev–Trinajstić information content (AvgIpc) is 2.82. The van der Waals surface area contributed by atoms with Gasteiger partial charge in [0.15, 0.2) is 0 Å². The summed E-state index contributed by atoms with van der Waals surface area (Å²) < 4.78 is 0. The number of carbonyl (C=O) groups excluding carboxylic acids is 2. The number of amides is 2. The van der Waals surface area contributed by atoms with E-state index < -0.39 is 0 Å². The van der Waals surface area contributed by atoms with E-state index in [1.54, 1.807) is 12.3 Å². The van der Waals surface area contributed by atoms with Crippen LogP contribution in [0.25, 0.3) is 10.9 Å². The van der Waals surface area contributed by atoms with Gasteiger partial charge >= 0.3 is 0 Å². The lowest BCUT2D eigenvalue weighted by atomic mass is 10.1. The molecule has 0 unspecified atom stereocenters. The Morgan fingerprint density at radius 2 is 2.04 bits per heavy atom. The topological polar surface area (TPSA) is 62.3 Å². The maximum Gasteiger partial charge on any atom is 0.253 e. The number of likely N-dealkylation sites (tertiary alicyclic amines) is 1. The van der Waals surface area contributed by atoms with Gasteiger partial charge in [-0.15, -0.1) is 0 Å². The van der Waals surface area contributed by atoms with Gasteiger partial charge in [0.1, 0.15) is 0 Å². The van der Waals surface area contributed by atoms with Gasteiger partial charge in [-0.2, -0.15) is 0 Å². The minimum absolute atomic E-state index is 0.110. The van der Waals surface area contributed by atoms with Crippen LogP contribution in [0.4, 0.5) is 0 Å². The van der Waals surface area contributed by atoms with Crippen LogP contribution < -0.4 is 5.32 Å². The summed E-state index contributed by atoms with van der Waals surface area (Å²) in [5, 5.41) is 3.90. The SMILES string of the molecule is O=C(NCCCN1CCCCCC1=O)c1cccc2cccnc12. The van der Waals surface area contributed by atoms with Crippen molar-refractivity contribution in [3.05, 3.63) is 42.1 Å². The quantitative estimate of drug-likeness (QED) is 0.860. The van der Waals surface area contributed by atoms with Gasteiger partial charge in [-0.25, -0.2) is 0 Å². The van der Waals surface area contributed by atoms with Crippen LogP contribution in [0, 0.1) is 0 Å². The molecule has 0 bridgehead atoms. The first kappa shape index (κ1) is 16.4. The van der Waals surface area contributed by atoms with E-state index in [4.69, 9.17) is 0 Å². The molecular weight excluding hydrogens is 302 g/mol. The number of para-hydroxylation sites is 1. The molecule has 2 aromatic rings. The van der Waals surface area contributed by atoms with E-state index in [1.165, 1.54) is 0 Å². The van der Waals surface area contributed by atoms with E-state index in [2.05, 4.69) is 10.3 Å². The fourth-order valence-corrected chi connectivity index (χ4v) is 3.13. The third-order valence-electron chi connectivity index (χ3n) is 4.44. The molecular formula is C19H23N3O2. The molecule has 1 aliphatic heterocycles. The zero-order chi connectivity index (χ0) is 16.8. The van der Waals surface area contributed by atoms with Crippen LogP contribution in [0.15, 0.2) is 36.5 Å². The molecule has 1 aliphatic rings. The van der Waals surface area contributed by atoms with Crippen LogP contribution in [0.3, 0.4) is 0 Å². The Kier molecular flexibility index (Phi) is 5.41. The van der Waals surface area contributed by atoms with Crippen LogP contribution in [-0.4, -0.2) is 41.3 Å². The first-order valence-electron chi connectivity index (χ1n) is 8.65. The van der Waals surface area contributed by atoms with Crippen molar-refractivity contribution in [3.63, 3.8) is 0 Å². The standard InChI is InChI=1S/C19H23N3O2/c23-17-10-2-1-3-13-22(17)14-6-12-21-19(24)16-9-4-7-15-8-5-11-20-18(15)16/h4-5,7-9,11H,1-3,6,10,12-14H2,(H,21,24). The highest BCUT2D eigenvalue weighted by molar-refractivity contribution is 6.05. The Balaban J connectivity index is 1.53. The molecule has 0 radical (unpaired) electrons. The molecule has 24 heavy (non-hydrogen) atoms. The summed E-state index contributed by atoms with van der Waals surface area (Å²) in [5.74, 6) is 0.138. The largest absolute Gasteiger partial charge is 0.352 e. The monoisotopic (exact) mass is 325 g/mol. The van der Waals surface area contributed by atoms with Crippen molar-refractivity contribution in [2.75, 3.05) is 19.6 Å². The number of nitrogens with one attached hydrogen (secondary N) is 1. The number of carbonyl (C=O) groups is 2. The molecule has 1 aromatic carbocycles. The number of benzene rings is 1. The summed E-state index contributed by atoms with van der Waals surface area (Å²) in [5.41, 5.74) is 1.32. The molecule has 0 saturated carbocycles. The second kappa shape index (κ2) is 7.90. The van der Waals surface area contributed by atoms with Crippen molar-refractivity contribution in [2.45, 2.75) is 32.1 Å². The summed E-state index contributed by atoms with van der Waals surface area (Å²) in [6.07, 6.45) is 6.35. The molecule has 1 aromatic heterocycles. The van der Waals surface area contributed by atoms with E-state index in [0.717, 1.165) is 43.1 Å². The summed E-state index contributed by atoms with van der Waals surface area (Å²) in [6, 6.07) is 9.42. The predicted octanol–water partition coefficient (Wildman–Crippen LogP) is 2.76. The first-order valence-corrected chi connectivity index (χ1v) is 8.65. The van der Waals surface area contributed by atoms with Crippen LogP contribution in [0.2, 0.25) is 0 Å². The summed E-state index contributed by atoms with van der Waals surface area (Å²) >= 11 is 0. The summed E-state index contributed by atoms with van der Waals surface area (Å²) in [7, 11) is 0. The highest BCUT2D eigenvalue weighted by Crippen LogP contribution is 2.15. The normalized spacial score (nSPS) is 15.3. The van der Waals surface area contributed by atoms with Gasteiger partial charge in [-0.05, 0) is 31.4 Å². The third kappa shape index (κ3) is 3.91. The Morgan fingerprint density at radius 3 is 2.96 bits per heavy atom. The maximum atomic E-state index is 12.4. The highest BCUT2D eigenvalue weighted by atomic mass is 16.2. The molecule has 0 spiro atoms. The molecule has 5 nitrogen and oxygen atoms in total. The van der Waals surface area contributed by atoms with Crippen molar-refractivity contribution in [2.24, 2.45) is 0 Å². The Hall–Kier alpha value is -2.43. The smallest absolute Gasteiger partial charge is 0.253 e. The number of nitrogens with zero attached hydrogens (tertiary/aromatic N) is 2. The Morgan fingerprint density at radius 1 is 1.17 bits per heavy atom. The van der Waals surface area contributed by atoms with Crippen LogP contribution in [0.1, 0.15) is 42.5 Å². The Labute approximate surface area is 142 Å². The molecule has 1 N–H and O–H groups in total. The molecule has 1 saturated heterocycles. The van der Waals surface area contributed by atoms with Crippen molar-refractivity contribution < 1.29 is 9.59 Å². The van der Waals surface area contributed by atoms with Crippen LogP contribution in [0.5, 0.6) is 0 Å². The number of fused-ring (bicyclic) bond motifs is 1. The zero-order valence-electron chi connectivity index (χ0n) is 13.8. The third-order valence-corrected chi connectivity index (χ3v) is 4.44. The minimum atomic E-state index is -0.110. The van der Waals surface area contributed by atoms with Gasteiger partial charge in [0, 0.05) is 37.6 Å². The van der Waals surface area contributed by atoms with Gasteiger partial charge in [-0.3, -0.25) is 14.6 Å².